The van der Waals surface area contributed by atoms with Crippen molar-refractivity contribution < 1.29 is 38.1 Å². The number of ether oxygens (including phenoxy) is 4. The molecule has 10 heteroatoms. The first-order chi connectivity index (χ1) is 16.4. The maximum Gasteiger partial charge on any atom is 0.415 e. The van der Waals surface area contributed by atoms with Gasteiger partial charge in [0.1, 0.15) is 5.78 Å². The van der Waals surface area contributed by atoms with E-state index in [2.05, 4.69) is 0 Å². The number of hydrogen-bond donors (Lipinski definition) is 0. The Bertz CT molecular complexity index is 1140. The number of likely N-dealkylation sites (tertiary alicyclic amines) is 1. The second-order valence-electron chi connectivity index (χ2n) is 9.93. The molecule has 0 aromatic heterocycles. The highest BCUT2D eigenvalue weighted by Crippen LogP contribution is 2.71. The molecule has 2 saturated carbocycles. The topological polar surface area (TPSA) is 112 Å². The summed E-state index contributed by atoms with van der Waals surface area (Å²) < 4.78 is 21.9. The van der Waals surface area contributed by atoms with E-state index >= 15 is 0 Å². The molecule has 3 heterocycles. The zero-order chi connectivity index (χ0) is 23.9. The predicted molar refractivity (Wildman–Crippen MR) is 116 cm³/mol. The third-order valence-electron chi connectivity index (χ3n) is 8.83. The maximum atomic E-state index is 13.9. The Morgan fingerprint density at radius 1 is 1.12 bits per heavy atom. The van der Waals surface area contributed by atoms with E-state index in [1.54, 1.807) is 17.0 Å². The molecule has 2 bridgehead atoms. The fraction of sp³-hybridized carbons (Fsp3) is 0.583. The molecule has 1 saturated heterocycles. The van der Waals surface area contributed by atoms with E-state index in [4.69, 9.17) is 18.9 Å². The number of esters is 1. The van der Waals surface area contributed by atoms with E-state index in [-0.39, 0.29) is 25.4 Å². The van der Waals surface area contributed by atoms with Gasteiger partial charge in [-0.25, -0.2) is 9.59 Å². The number of ketones is 1. The minimum absolute atomic E-state index is 0.000997. The van der Waals surface area contributed by atoms with E-state index in [1.807, 2.05) is 0 Å². The van der Waals surface area contributed by atoms with Crippen LogP contribution in [0.1, 0.15) is 44.1 Å². The first-order valence-electron chi connectivity index (χ1n) is 11.5. The van der Waals surface area contributed by atoms with Crippen LogP contribution < -0.4 is 14.4 Å². The maximum absolute atomic E-state index is 13.9. The van der Waals surface area contributed by atoms with Crippen molar-refractivity contribution >= 4 is 29.9 Å². The zero-order valence-electron chi connectivity index (χ0n) is 19.1. The number of piperidine rings is 1. The van der Waals surface area contributed by atoms with Gasteiger partial charge in [0.15, 0.2) is 17.0 Å². The second-order valence-corrected chi connectivity index (χ2v) is 9.93. The summed E-state index contributed by atoms with van der Waals surface area (Å²) in [4.78, 5) is 56.2. The lowest BCUT2D eigenvalue weighted by molar-refractivity contribution is -0.175. The van der Waals surface area contributed by atoms with E-state index < -0.39 is 34.5 Å². The third kappa shape index (κ3) is 2.17. The molecule has 10 nitrogen and oxygen atoms in total. The van der Waals surface area contributed by atoms with Crippen LogP contribution in [-0.2, 0) is 29.3 Å². The Hall–Kier alpha value is -3.30. The minimum Gasteiger partial charge on any atom is -0.467 e. The van der Waals surface area contributed by atoms with Gasteiger partial charge in [-0.15, -0.1) is 0 Å². The molecule has 0 N–H and O–H groups in total. The normalized spacial score (nSPS) is 34.6. The van der Waals surface area contributed by atoms with Crippen molar-refractivity contribution in [3.8, 4) is 11.5 Å². The molecule has 1 aromatic rings. The third-order valence-corrected chi connectivity index (χ3v) is 8.83. The number of benzene rings is 1. The summed E-state index contributed by atoms with van der Waals surface area (Å²) in [5.41, 5.74) is -2.30. The van der Waals surface area contributed by atoms with Crippen LogP contribution in [0.3, 0.4) is 0 Å². The number of hydrogen-bond acceptors (Lipinski definition) is 8. The number of carbonyl (C=O) groups is 4. The average molecular weight is 470 g/mol. The monoisotopic (exact) mass is 470 g/mol. The van der Waals surface area contributed by atoms with Crippen molar-refractivity contribution in [1.29, 1.82) is 0 Å². The first kappa shape index (κ1) is 21.2. The number of carbonyl (C=O) groups excluding carboxylic acids is 4. The highest BCUT2D eigenvalue weighted by atomic mass is 16.7. The molecule has 180 valence electrons. The largest absolute Gasteiger partial charge is 0.467 e. The molecule has 1 spiro atoms. The van der Waals surface area contributed by atoms with Gasteiger partial charge in [0.05, 0.1) is 31.4 Å². The first-order valence-corrected chi connectivity index (χ1v) is 11.5. The van der Waals surface area contributed by atoms with Gasteiger partial charge in [-0.1, -0.05) is 6.07 Å². The van der Waals surface area contributed by atoms with Crippen LogP contribution in [0.25, 0.3) is 0 Å². The fourth-order valence-electron chi connectivity index (χ4n) is 7.96. The Morgan fingerprint density at radius 2 is 1.94 bits per heavy atom. The lowest BCUT2D eigenvalue weighted by Gasteiger charge is -2.66. The van der Waals surface area contributed by atoms with Crippen molar-refractivity contribution in [1.82, 2.24) is 4.90 Å². The Balaban J connectivity index is 1.75. The van der Waals surface area contributed by atoms with E-state index in [0.29, 0.717) is 42.1 Å². The minimum atomic E-state index is -1.58. The number of Topliss-reactive ketones (excluding diaryl/α,β-unsaturated/α-hetero) is 1. The van der Waals surface area contributed by atoms with Crippen LogP contribution in [0, 0.1) is 5.41 Å². The number of nitrogens with zero attached hydrogens (tertiary/aromatic N) is 2. The Labute approximate surface area is 196 Å². The second kappa shape index (κ2) is 6.86. The van der Waals surface area contributed by atoms with Gasteiger partial charge >= 0.3 is 12.1 Å². The summed E-state index contributed by atoms with van der Waals surface area (Å²) >= 11 is 0. The number of methoxy groups -OCH3 is 2. The molecule has 0 radical (unpaired) electrons. The summed E-state index contributed by atoms with van der Waals surface area (Å²) in [6.45, 7) is 0.479. The highest BCUT2D eigenvalue weighted by Gasteiger charge is 2.80. The zero-order valence-corrected chi connectivity index (χ0v) is 19.1. The lowest BCUT2D eigenvalue weighted by atomic mass is 9.42. The molecule has 0 unspecified atom stereocenters. The molecular formula is C24H26N2O8. The van der Waals surface area contributed by atoms with Crippen molar-refractivity contribution in [2.75, 3.05) is 32.5 Å². The molecular weight excluding hydrogens is 444 g/mol. The molecule has 2 aliphatic carbocycles. The quantitative estimate of drug-likeness (QED) is 0.476. The van der Waals surface area contributed by atoms with Crippen molar-refractivity contribution in [2.45, 2.75) is 55.5 Å². The van der Waals surface area contributed by atoms with E-state index in [0.717, 1.165) is 19.3 Å². The number of fused-ring (bicyclic) bond motifs is 3. The van der Waals surface area contributed by atoms with E-state index in [1.165, 1.54) is 19.1 Å². The molecule has 2 amide bonds. The van der Waals surface area contributed by atoms with Gasteiger partial charge in [0.25, 0.3) is 0 Å². The molecule has 3 fully saturated rings. The fourth-order valence-corrected chi connectivity index (χ4v) is 7.96. The molecule has 5 aliphatic rings. The molecule has 1 aromatic carbocycles. The molecule has 6 rings (SSSR count). The van der Waals surface area contributed by atoms with Gasteiger partial charge in [-0.3, -0.25) is 14.5 Å². The van der Waals surface area contributed by atoms with Crippen LogP contribution >= 0.6 is 0 Å². The SMILES string of the molecule is COC(=O)N1c2c(ccc3c2OCO3)[C@@]23CC(=O)C[C@]4(CCCN(C=O)[C@@H]42)CC[C@@]13C(=O)OC. The van der Waals surface area contributed by atoms with Crippen LogP contribution in [0.5, 0.6) is 11.5 Å². The van der Waals surface area contributed by atoms with Crippen molar-refractivity contribution in [3.63, 3.8) is 0 Å². The summed E-state index contributed by atoms with van der Waals surface area (Å²) in [6, 6.07) is 3.07. The smallest absolute Gasteiger partial charge is 0.415 e. The standard InChI is InChI=1S/C24H26N2O8/c1-31-20(29)24-8-7-22-6-3-9-25(12-27)19(22)23(24,11-14(28)10-22)15-4-5-16-18(34-13-33-16)17(15)26(24)21(30)32-2/h4-5,12,19H,3,6-11,13H2,1-2H3/t19-,22-,23-,24-/m0/s1. The predicted octanol–water partition coefficient (Wildman–Crippen LogP) is 1.92. The van der Waals surface area contributed by atoms with Gasteiger partial charge < -0.3 is 23.8 Å². The Morgan fingerprint density at radius 3 is 2.68 bits per heavy atom. The number of rotatable bonds is 2. The van der Waals surface area contributed by atoms with Gasteiger partial charge in [-0.2, -0.15) is 0 Å². The van der Waals surface area contributed by atoms with Crippen LogP contribution in [0.2, 0.25) is 0 Å². The lowest BCUT2D eigenvalue weighted by Crippen LogP contribution is -2.79. The Kier molecular flexibility index (Phi) is 4.29. The average Bonchev–Trinajstić information content (AvgIpc) is 3.41. The van der Waals surface area contributed by atoms with Crippen LogP contribution in [-0.4, -0.2) is 68.3 Å². The summed E-state index contributed by atoms with van der Waals surface area (Å²) in [7, 11) is 2.52. The van der Waals surface area contributed by atoms with Gasteiger partial charge in [0.2, 0.25) is 13.2 Å². The van der Waals surface area contributed by atoms with Crippen LogP contribution in [0.15, 0.2) is 12.1 Å². The number of amides is 2. The summed E-state index contributed by atoms with van der Waals surface area (Å²) in [5, 5.41) is 0. The summed E-state index contributed by atoms with van der Waals surface area (Å²) in [5.74, 6) is 0.132. The van der Waals surface area contributed by atoms with Crippen molar-refractivity contribution in [3.05, 3.63) is 17.7 Å². The van der Waals surface area contributed by atoms with Crippen molar-refractivity contribution in [2.24, 2.45) is 5.41 Å². The highest BCUT2D eigenvalue weighted by molar-refractivity contribution is 6.08. The summed E-state index contributed by atoms with van der Waals surface area (Å²) in [6.07, 6.45) is 2.71. The molecule has 34 heavy (non-hydrogen) atoms. The van der Waals surface area contributed by atoms with Crippen LogP contribution in [0.4, 0.5) is 10.5 Å². The van der Waals surface area contributed by atoms with E-state index in [9.17, 15) is 19.2 Å². The number of anilines is 1. The van der Waals surface area contributed by atoms with Gasteiger partial charge in [0, 0.05) is 19.4 Å². The van der Waals surface area contributed by atoms with Gasteiger partial charge in [-0.05, 0) is 42.7 Å². The molecule has 4 atom stereocenters. The molecule has 3 aliphatic heterocycles.